The summed E-state index contributed by atoms with van der Waals surface area (Å²) >= 11 is 5.50. The Bertz CT molecular complexity index is 1110. The van der Waals surface area contributed by atoms with Crippen LogP contribution in [-0.4, -0.2) is 60.2 Å². The fourth-order valence-electron chi connectivity index (χ4n) is 3.82. The molecule has 1 heterocycles. The normalized spacial score (nSPS) is 19.2. The Hall–Kier alpha value is -2.69. The number of sulfonamides is 1. The van der Waals surface area contributed by atoms with E-state index in [1.807, 2.05) is 30.3 Å². The number of ether oxygens (including phenoxy) is 2. The van der Waals surface area contributed by atoms with Crippen molar-refractivity contribution in [2.24, 2.45) is 0 Å². The lowest BCUT2D eigenvalue weighted by Gasteiger charge is -2.45. The number of rotatable bonds is 8. The summed E-state index contributed by atoms with van der Waals surface area (Å²) in [6.07, 6.45) is -1.96. The van der Waals surface area contributed by atoms with E-state index in [1.165, 1.54) is 24.1 Å². The van der Waals surface area contributed by atoms with E-state index in [0.717, 1.165) is 5.56 Å². The van der Waals surface area contributed by atoms with Gasteiger partial charge in [-0.2, -0.15) is 0 Å². The number of hydrogen-bond donors (Lipinski definition) is 3. The topological polar surface area (TPSA) is 125 Å². The van der Waals surface area contributed by atoms with E-state index in [4.69, 9.17) is 21.1 Å². The maximum atomic E-state index is 12.3. The summed E-state index contributed by atoms with van der Waals surface area (Å²) in [4.78, 5) is 13.4. The highest BCUT2D eigenvalue weighted by Gasteiger charge is 2.47. The summed E-state index contributed by atoms with van der Waals surface area (Å²) in [6.45, 7) is 3.40. The average molecular weight is 499 g/mol. The monoisotopic (exact) mass is 498 g/mol. The van der Waals surface area contributed by atoms with Gasteiger partial charge in [0.2, 0.25) is 10.0 Å². The van der Waals surface area contributed by atoms with Crippen molar-refractivity contribution >= 4 is 33.4 Å². The van der Waals surface area contributed by atoms with Gasteiger partial charge in [-0.15, -0.1) is 11.6 Å². The first-order chi connectivity index (χ1) is 15.5. The number of aliphatic hydroxyl groups is 1. The number of anilines is 1. The number of carbonyl (C=O) groups is 1. The lowest BCUT2D eigenvalue weighted by atomic mass is 9.85. The highest BCUT2D eigenvalue weighted by atomic mass is 35.5. The highest BCUT2D eigenvalue weighted by Crippen LogP contribution is 2.47. The second-order valence-corrected chi connectivity index (χ2v) is 10.5. The summed E-state index contributed by atoms with van der Waals surface area (Å²) in [6, 6.07) is 11.3. The van der Waals surface area contributed by atoms with Gasteiger partial charge in [-0.25, -0.2) is 13.2 Å². The highest BCUT2D eigenvalue weighted by molar-refractivity contribution is 7.93. The molecule has 0 fully saturated rings. The lowest BCUT2D eigenvalue weighted by Crippen LogP contribution is -2.55. The number of methoxy groups -OCH3 is 1. The minimum Gasteiger partial charge on any atom is -0.495 e. The largest absolute Gasteiger partial charge is 0.495 e. The van der Waals surface area contributed by atoms with Gasteiger partial charge in [0.05, 0.1) is 18.8 Å². The minimum absolute atomic E-state index is 0.0917. The summed E-state index contributed by atoms with van der Waals surface area (Å²) in [7, 11) is -2.48. The quantitative estimate of drug-likeness (QED) is 0.476. The SMILES string of the molecule is COc1cc2c(cc1NS(=O)(=O)CCl)OC(C)(C)C(O)C2N(CCc1ccccc1)C(=O)O. The lowest BCUT2D eigenvalue weighted by molar-refractivity contribution is -0.0878. The Balaban J connectivity index is 2.06. The maximum Gasteiger partial charge on any atom is 0.407 e. The Morgan fingerprint density at radius 3 is 2.52 bits per heavy atom. The molecule has 0 spiro atoms. The van der Waals surface area contributed by atoms with E-state index in [0.29, 0.717) is 12.0 Å². The molecule has 33 heavy (non-hydrogen) atoms. The smallest absolute Gasteiger partial charge is 0.407 e. The van der Waals surface area contributed by atoms with Crippen LogP contribution in [0.3, 0.4) is 0 Å². The van der Waals surface area contributed by atoms with Gasteiger partial charge >= 0.3 is 6.09 Å². The second kappa shape index (κ2) is 9.66. The molecule has 3 N–H and O–H groups in total. The van der Waals surface area contributed by atoms with Crippen LogP contribution in [0.1, 0.15) is 31.0 Å². The molecule has 0 bridgehead atoms. The molecule has 0 aromatic heterocycles. The fourth-order valence-corrected chi connectivity index (χ4v) is 4.53. The number of nitrogens with one attached hydrogen (secondary N) is 1. The second-order valence-electron chi connectivity index (χ2n) is 8.22. The van der Waals surface area contributed by atoms with Crippen LogP contribution in [0.2, 0.25) is 0 Å². The average Bonchev–Trinajstić information content (AvgIpc) is 2.76. The number of aliphatic hydroxyl groups excluding tert-OH is 1. The molecular formula is C22H27ClN2O7S. The van der Waals surface area contributed by atoms with Crippen molar-refractivity contribution < 1.29 is 32.9 Å². The van der Waals surface area contributed by atoms with Crippen molar-refractivity contribution in [3.8, 4) is 11.5 Å². The van der Waals surface area contributed by atoms with Crippen LogP contribution in [0.4, 0.5) is 10.5 Å². The Morgan fingerprint density at radius 2 is 1.94 bits per heavy atom. The molecule has 1 aliphatic rings. The number of fused-ring (bicyclic) bond motifs is 1. The Morgan fingerprint density at radius 1 is 1.27 bits per heavy atom. The van der Waals surface area contributed by atoms with Gasteiger partial charge in [0.15, 0.2) is 0 Å². The van der Waals surface area contributed by atoms with E-state index in [2.05, 4.69) is 4.72 Å². The predicted octanol–water partition coefficient (Wildman–Crippen LogP) is 3.43. The number of benzene rings is 2. The van der Waals surface area contributed by atoms with Crippen molar-refractivity contribution in [3.63, 3.8) is 0 Å². The van der Waals surface area contributed by atoms with E-state index < -0.39 is 39.1 Å². The number of alkyl halides is 1. The zero-order chi connectivity index (χ0) is 24.4. The summed E-state index contributed by atoms with van der Waals surface area (Å²) in [5.74, 6) is 0.366. The van der Waals surface area contributed by atoms with Crippen molar-refractivity contribution in [2.45, 2.75) is 38.0 Å². The van der Waals surface area contributed by atoms with Gasteiger partial charge in [0.1, 0.15) is 28.4 Å². The van der Waals surface area contributed by atoms with Crippen LogP contribution in [0.15, 0.2) is 42.5 Å². The third-order valence-corrected chi connectivity index (χ3v) is 7.19. The molecule has 2 unspecified atom stereocenters. The van der Waals surface area contributed by atoms with Gasteiger partial charge in [-0.3, -0.25) is 9.62 Å². The van der Waals surface area contributed by atoms with E-state index in [-0.39, 0.29) is 23.7 Å². The van der Waals surface area contributed by atoms with E-state index >= 15 is 0 Å². The van der Waals surface area contributed by atoms with Crippen LogP contribution >= 0.6 is 11.6 Å². The van der Waals surface area contributed by atoms with Crippen LogP contribution < -0.4 is 14.2 Å². The van der Waals surface area contributed by atoms with Crippen molar-refractivity contribution in [2.75, 3.05) is 23.6 Å². The van der Waals surface area contributed by atoms with Gasteiger partial charge in [-0.1, -0.05) is 30.3 Å². The first kappa shape index (κ1) is 24.9. The molecule has 9 nitrogen and oxygen atoms in total. The summed E-state index contributed by atoms with van der Waals surface area (Å²) < 4.78 is 37.6. The Labute approximate surface area is 197 Å². The molecule has 1 aliphatic heterocycles. The summed E-state index contributed by atoms with van der Waals surface area (Å²) in [5, 5.41) is 20.5. The maximum absolute atomic E-state index is 12.3. The van der Waals surface area contributed by atoms with Crippen molar-refractivity contribution in [1.82, 2.24) is 4.90 Å². The van der Waals surface area contributed by atoms with Crippen LogP contribution in [0.5, 0.6) is 11.5 Å². The van der Waals surface area contributed by atoms with Crippen molar-refractivity contribution in [3.05, 3.63) is 53.6 Å². The molecule has 0 aliphatic carbocycles. The molecule has 180 valence electrons. The fraction of sp³-hybridized carbons (Fsp3) is 0.409. The third kappa shape index (κ3) is 5.45. The zero-order valence-corrected chi connectivity index (χ0v) is 20.1. The number of halogens is 1. The molecule has 2 aromatic rings. The van der Waals surface area contributed by atoms with Gasteiger partial charge < -0.3 is 19.7 Å². The molecule has 1 amide bonds. The molecular weight excluding hydrogens is 472 g/mol. The van der Waals surface area contributed by atoms with Crippen LogP contribution in [-0.2, 0) is 16.4 Å². The molecule has 0 radical (unpaired) electrons. The molecule has 0 saturated heterocycles. The number of amides is 1. The van der Waals surface area contributed by atoms with Crippen LogP contribution in [0.25, 0.3) is 0 Å². The van der Waals surface area contributed by atoms with Crippen LogP contribution in [0, 0.1) is 0 Å². The molecule has 3 rings (SSSR count). The van der Waals surface area contributed by atoms with Gasteiger partial charge in [0.25, 0.3) is 0 Å². The van der Waals surface area contributed by atoms with Gasteiger partial charge in [0, 0.05) is 18.2 Å². The number of nitrogens with zero attached hydrogens (tertiary/aromatic N) is 1. The van der Waals surface area contributed by atoms with E-state index in [1.54, 1.807) is 13.8 Å². The minimum atomic E-state index is -3.83. The van der Waals surface area contributed by atoms with Crippen molar-refractivity contribution in [1.29, 1.82) is 0 Å². The molecule has 2 atom stereocenters. The summed E-state index contributed by atoms with van der Waals surface area (Å²) in [5.41, 5.74) is 0.250. The zero-order valence-electron chi connectivity index (χ0n) is 18.5. The van der Waals surface area contributed by atoms with E-state index in [9.17, 15) is 23.4 Å². The first-order valence-corrected chi connectivity index (χ1v) is 12.4. The third-order valence-electron chi connectivity index (χ3n) is 5.51. The molecule has 0 saturated carbocycles. The number of hydrogen-bond acceptors (Lipinski definition) is 6. The molecule has 2 aromatic carbocycles. The first-order valence-electron chi connectivity index (χ1n) is 10.2. The standard InChI is InChI=1S/C22H27ClN2O7S/c1-22(2)20(26)19(25(21(27)28)10-9-14-7-5-4-6-8-14)15-11-18(31-3)16(12-17(15)32-22)24-33(29,30)13-23/h4-8,11-12,19-20,24,26H,9-10,13H2,1-3H3,(H,27,28). The number of carboxylic acid groups (broad SMARTS) is 1. The molecule has 11 heteroatoms. The predicted molar refractivity (Wildman–Crippen MR) is 125 cm³/mol. The van der Waals surface area contributed by atoms with Gasteiger partial charge in [-0.05, 0) is 31.9 Å². The Kier molecular flexibility index (Phi) is 7.30.